The molecule has 0 saturated heterocycles. The molecule has 0 atom stereocenters. The Balaban J connectivity index is 2.29. The maximum absolute atomic E-state index is 11.6. The van der Waals surface area contributed by atoms with E-state index in [2.05, 4.69) is 10.6 Å². The lowest BCUT2D eigenvalue weighted by atomic mass is 10.2. The van der Waals surface area contributed by atoms with Crippen molar-refractivity contribution in [2.75, 3.05) is 11.9 Å². The molecule has 0 bridgehead atoms. The maximum Gasteiger partial charge on any atom is 0.262 e. The van der Waals surface area contributed by atoms with Crippen molar-refractivity contribution in [3.8, 4) is 0 Å². The van der Waals surface area contributed by atoms with Gasteiger partial charge < -0.3 is 10.6 Å². The lowest BCUT2D eigenvalue weighted by molar-refractivity contribution is -0.131. The molecule has 0 radical (unpaired) electrons. The van der Waals surface area contributed by atoms with E-state index in [1.165, 1.54) is 5.48 Å². The van der Waals surface area contributed by atoms with Crippen LogP contribution in [0.1, 0.15) is 18.4 Å². The molecule has 1 aromatic rings. The number of hydroxylamine groups is 1. The number of anilines is 1. The lowest BCUT2D eigenvalue weighted by Crippen LogP contribution is -2.35. The second-order valence-corrected chi connectivity index (χ2v) is 4.23. The Bertz CT molecular complexity index is 502. The third-order valence-corrected chi connectivity index (χ3v) is 2.45. The molecule has 0 fully saturated rings. The van der Waals surface area contributed by atoms with Crippen molar-refractivity contribution in [1.29, 1.82) is 0 Å². The van der Waals surface area contributed by atoms with Crippen molar-refractivity contribution < 1.29 is 19.6 Å². The van der Waals surface area contributed by atoms with Crippen LogP contribution < -0.4 is 16.1 Å². The summed E-state index contributed by atoms with van der Waals surface area (Å²) in [5.41, 5.74) is 3.09. The van der Waals surface area contributed by atoms with Crippen LogP contribution in [0.25, 0.3) is 0 Å². The molecule has 1 aromatic carbocycles. The molecule has 1 rings (SSSR count). The number of aryl methyl sites for hydroxylation is 1. The Morgan fingerprint density at radius 2 is 1.80 bits per heavy atom. The average molecular weight is 279 g/mol. The minimum Gasteiger partial charge on any atom is -0.347 e. The van der Waals surface area contributed by atoms with Gasteiger partial charge in [0.2, 0.25) is 11.8 Å². The summed E-state index contributed by atoms with van der Waals surface area (Å²) in [6.45, 7) is 1.59. The van der Waals surface area contributed by atoms with Gasteiger partial charge in [-0.15, -0.1) is 0 Å². The second kappa shape index (κ2) is 7.90. The zero-order chi connectivity index (χ0) is 15.0. The van der Waals surface area contributed by atoms with Crippen LogP contribution in [0.4, 0.5) is 5.69 Å². The van der Waals surface area contributed by atoms with E-state index in [1.54, 1.807) is 6.07 Å². The van der Waals surface area contributed by atoms with Crippen LogP contribution in [0.3, 0.4) is 0 Å². The Morgan fingerprint density at radius 1 is 1.10 bits per heavy atom. The van der Waals surface area contributed by atoms with Crippen LogP contribution in [0, 0.1) is 6.92 Å². The van der Waals surface area contributed by atoms with Gasteiger partial charge in [-0.2, -0.15) is 0 Å². The van der Waals surface area contributed by atoms with Crippen molar-refractivity contribution >= 4 is 23.4 Å². The molecule has 20 heavy (non-hydrogen) atoms. The second-order valence-electron chi connectivity index (χ2n) is 4.23. The molecule has 0 unspecified atom stereocenters. The molecule has 7 nitrogen and oxygen atoms in total. The minimum absolute atomic E-state index is 0.0144. The maximum atomic E-state index is 11.6. The van der Waals surface area contributed by atoms with E-state index >= 15 is 0 Å². The molecule has 108 valence electrons. The van der Waals surface area contributed by atoms with Gasteiger partial charge in [0, 0.05) is 18.5 Å². The lowest BCUT2D eigenvalue weighted by Gasteiger charge is -2.06. The Hall–Kier alpha value is -2.41. The number of benzene rings is 1. The van der Waals surface area contributed by atoms with Gasteiger partial charge in [0.1, 0.15) is 0 Å². The highest BCUT2D eigenvalue weighted by Gasteiger charge is 2.08. The van der Waals surface area contributed by atoms with Crippen molar-refractivity contribution in [2.45, 2.75) is 19.8 Å². The Labute approximate surface area is 116 Å². The van der Waals surface area contributed by atoms with Gasteiger partial charge in [0.25, 0.3) is 5.91 Å². The van der Waals surface area contributed by atoms with Crippen LogP contribution in [0.2, 0.25) is 0 Å². The normalized spacial score (nSPS) is 9.70. The van der Waals surface area contributed by atoms with Gasteiger partial charge in [-0.1, -0.05) is 12.1 Å². The highest BCUT2D eigenvalue weighted by molar-refractivity contribution is 5.93. The van der Waals surface area contributed by atoms with E-state index in [4.69, 9.17) is 5.21 Å². The summed E-state index contributed by atoms with van der Waals surface area (Å²) in [7, 11) is 0. The SMILES string of the molecule is Cc1cccc(NC(=O)CCC(=O)NCC(=O)NO)c1. The third-order valence-electron chi connectivity index (χ3n) is 2.45. The molecular formula is C13H17N3O4. The van der Waals surface area contributed by atoms with Crippen molar-refractivity contribution in [2.24, 2.45) is 0 Å². The first-order chi connectivity index (χ1) is 9.51. The van der Waals surface area contributed by atoms with E-state index in [9.17, 15) is 14.4 Å². The summed E-state index contributed by atoms with van der Waals surface area (Å²) in [6.07, 6.45) is -0.0170. The number of rotatable bonds is 6. The molecule has 0 heterocycles. The predicted molar refractivity (Wildman–Crippen MR) is 72.0 cm³/mol. The smallest absolute Gasteiger partial charge is 0.262 e. The first-order valence-electron chi connectivity index (χ1n) is 6.07. The number of amides is 3. The van der Waals surface area contributed by atoms with Crippen LogP contribution >= 0.6 is 0 Å². The fourth-order valence-corrected chi connectivity index (χ4v) is 1.48. The van der Waals surface area contributed by atoms with E-state index in [-0.39, 0.29) is 25.3 Å². The van der Waals surface area contributed by atoms with Gasteiger partial charge in [0.05, 0.1) is 6.54 Å². The van der Waals surface area contributed by atoms with Gasteiger partial charge in [0.15, 0.2) is 0 Å². The largest absolute Gasteiger partial charge is 0.347 e. The molecule has 0 saturated carbocycles. The van der Waals surface area contributed by atoms with Gasteiger partial charge in [-0.3, -0.25) is 19.6 Å². The minimum atomic E-state index is -0.720. The molecule has 0 aromatic heterocycles. The average Bonchev–Trinajstić information content (AvgIpc) is 2.42. The molecule has 0 aliphatic heterocycles. The van der Waals surface area contributed by atoms with Crippen LogP contribution in [-0.4, -0.2) is 29.5 Å². The van der Waals surface area contributed by atoms with Crippen LogP contribution in [-0.2, 0) is 14.4 Å². The molecular weight excluding hydrogens is 262 g/mol. The standard InChI is InChI=1S/C13H17N3O4/c1-9-3-2-4-10(7-9)15-12(18)6-5-11(17)14-8-13(19)16-20/h2-4,7,20H,5-6,8H2,1H3,(H,14,17)(H,15,18)(H,16,19). The first-order valence-corrected chi connectivity index (χ1v) is 6.07. The summed E-state index contributed by atoms with van der Waals surface area (Å²) in [5.74, 6) is -1.44. The van der Waals surface area contributed by atoms with E-state index in [0.717, 1.165) is 5.56 Å². The van der Waals surface area contributed by atoms with Gasteiger partial charge in [-0.25, -0.2) is 5.48 Å². The zero-order valence-electron chi connectivity index (χ0n) is 11.1. The Morgan fingerprint density at radius 3 is 2.45 bits per heavy atom. The summed E-state index contributed by atoms with van der Waals surface area (Å²) in [6, 6.07) is 7.32. The quantitative estimate of drug-likeness (QED) is 0.444. The third kappa shape index (κ3) is 5.96. The monoisotopic (exact) mass is 279 g/mol. The summed E-state index contributed by atoms with van der Waals surface area (Å²) < 4.78 is 0. The van der Waals surface area contributed by atoms with E-state index in [0.29, 0.717) is 5.69 Å². The van der Waals surface area contributed by atoms with Crippen LogP contribution in [0.5, 0.6) is 0 Å². The molecule has 3 amide bonds. The number of hydrogen-bond donors (Lipinski definition) is 4. The molecule has 7 heteroatoms. The molecule has 0 aliphatic carbocycles. The number of hydrogen-bond acceptors (Lipinski definition) is 4. The Kier molecular flexibility index (Phi) is 6.18. The fraction of sp³-hybridized carbons (Fsp3) is 0.308. The van der Waals surface area contributed by atoms with Crippen LogP contribution in [0.15, 0.2) is 24.3 Å². The predicted octanol–water partition coefficient (Wildman–Crippen LogP) is 0.335. The topological polar surface area (TPSA) is 108 Å². The summed E-state index contributed by atoms with van der Waals surface area (Å²) in [5, 5.41) is 13.2. The van der Waals surface area contributed by atoms with E-state index in [1.807, 2.05) is 25.1 Å². The molecule has 4 N–H and O–H groups in total. The molecule has 0 aliphatic rings. The summed E-state index contributed by atoms with van der Waals surface area (Å²) in [4.78, 5) is 33.6. The highest BCUT2D eigenvalue weighted by atomic mass is 16.5. The van der Waals surface area contributed by atoms with Gasteiger partial charge >= 0.3 is 0 Å². The number of carbonyl (C=O) groups is 3. The first kappa shape index (κ1) is 15.6. The molecule has 0 spiro atoms. The van der Waals surface area contributed by atoms with Crippen molar-refractivity contribution in [3.63, 3.8) is 0 Å². The van der Waals surface area contributed by atoms with Gasteiger partial charge in [-0.05, 0) is 24.6 Å². The highest BCUT2D eigenvalue weighted by Crippen LogP contribution is 2.10. The van der Waals surface area contributed by atoms with E-state index < -0.39 is 11.8 Å². The van der Waals surface area contributed by atoms with Crippen molar-refractivity contribution in [1.82, 2.24) is 10.8 Å². The number of nitrogens with one attached hydrogen (secondary N) is 3. The summed E-state index contributed by atoms with van der Waals surface area (Å²) >= 11 is 0. The number of carbonyl (C=O) groups excluding carboxylic acids is 3. The fourth-order valence-electron chi connectivity index (χ4n) is 1.48. The zero-order valence-corrected chi connectivity index (χ0v) is 11.1. The van der Waals surface area contributed by atoms with Crippen molar-refractivity contribution in [3.05, 3.63) is 29.8 Å².